The minimum absolute atomic E-state index is 0.0629. The number of sulfonamides is 1. The van der Waals surface area contributed by atoms with Crippen LogP contribution in [0, 0.1) is 5.82 Å². The Balaban J connectivity index is 2.34. The van der Waals surface area contributed by atoms with Crippen LogP contribution in [0.4, 0.5) is 10.1 Å². The largest absolute Gasteiger partial charge is 0.395 e. The van der Waals surface area contributed by atoms with Crippen molar-refractivity contribution in [1.82, 2.24) is 4.72 Å². The van der Waals surface area contributed by atoms with Crippen LogP contribution in [-0.2, 0) is 10.0 Å². The number of benzene rings is 1. The Bertz CT molecular complexity index is 618. The van der Waals surface area contributed by atoms with Gasteiger partial charge in [-0.3, -0.25) is 0 Å². The molecule has 0 amide bonds. The lowest BCUT2D eigenvalue weighted by molar-refractivity contribution is 0.411. The van der Waals surface area contributed by atoms with E-state index in [1.165, 1.54) is 0 Å². The molecule has 2 rings (SSSR count). The molecular formula is C12H15BrClFN2O2S. The molecule has 8 heteroatoms. The summed E-state index contributed by atoms with van der Waals surface area (Å²) in [4.78, 5) is -0.506. The van der Waals surface area contributed by atoms with Gasteiger partial charge in [0.1, 0.15) is 4.90 Å². The van der Waals surface area contributed by atoms with Crippen LogP contribution in [-0.4, -0.2) is 14.5 Å². The van der Waals surface area contributed by atoms with Crippen molar-refractivity contribution < 1.29 is 12.8 Å². The predicted molar refractivity (Wildman–Crippen MR) is 80.7 cm³/mol. The molecule has 0 unspecified atom stereocenters. The normalized spacial score (nSPS) is 17.4. The molecule has 1 aliphatic rings. The van der Waals surface area contributed by atoms with Crippen molar-refractivity contribution >= 4 is 43.2 Å². The number of hydrogen-bond acceptors (Lipinski definition) is 3. The summed E-state index contributed by atoms with van der Waals surface area (Å²) in [6, 6.07) is 0.916. The van der Waals surface area contributed by atoms with E-state index >= 15 is 0 Å². The van der Waals surface area contributed by atoms with E-state index in [0.29, 0.717) is 0 Å². The summed E-state index contributed by atoms with van der Waals surface area (Å²) in [7, 11) is -3.96. The molecule has 0 saturated heterocycles. The Hall–Kier alpha value is -0.370. The second kappa shape index (κ2) is 6.17. The van der Waals surface area contributed by atoms with Gasteiger partial charge in [-0.15, -0.1) is 0 Å². The van der Waals surface area contributed by atoms with E-state index in [0.717, 1.165) is 38.2 Å². The van der Waals surface area contributed by atoms with Crippen LogP contribution in [0.1, 0.15) is 32.1 Å². The average molecular weight is 386 g/mol. The summed E-state index contributed by atoms with van der Waals surface area (Å²) in [6.07, 6.45) is 4.57. The van der Waals surface area contributed by atoms with Crippen molar-refractivity contribution in [3.8, 4) is 0 Å². The number of nitrogens with one attached hydrogen (secondary N) is 1. The van der Waals surface area contributed by atoms with Crippen LogP contribution >= 0.6 is 27.5 Å². The number of rotatable bonds is 3. The molecule has 0 radical (unpaired) electrons. The van der Waals surface area contributed by atoms with E-state index in [-0.39, 0.29) is 21.2 Å². The fourth-order valence-electron chi connectivity index (χ4n) is 2.30. The van der Waals surface area contributed by atoms with E-state index < -0.39 is 20.7 Å². The minimum Gasteiger partial charge on any atom is -0.395 e. The van der Waals surface area contributed by atoms with Gasteiger partial charge in [0.2, 0.25) is 10.0 Å². The number of hydrogen-bond donors (Lipinski definition) is 2. The van der Waals surface area contributed by atoms with Crippen LogP contribution in [0.3, 0.4) is 0 Å². The van der Waals surface area contributed by atoms with Gasteiger partial charge in [-0.2, -0.15) is 0 Å². The maximum Gasteiger partial charge on any atom is 0.243 e. The van der Waals surface area contributed by atoms with Crippen LogP contribution in [0.5, 0.6) is 0 Å². The Morgan fingerprint density at radius 2 is 1.95 bits per heavy atom. The Labute approximate surface area is 131 Å². The molecule has 112 valence electrons. The lowest BCUT2D eigenvalue weighted by atomic mass is 9.96. The van der Waals surface area contributed by atoms with Crippen molar-refractivity contribution in [3.05, 3.63) is 21.4 Å². The van der Waals surface area contributed by atoms with Gasteiger partial charge in [0, 0.05) is 6.04 Å². The van der Waals surface area contributed by atoms with Crippen LogP contribution in [0.2, 0.25) is 5.02 Å². The summed E-state index contributed by atoms with van der Waals surface area (Å²) in [6.45, 7) is 0. The second-order valence-corrected chi connectivity index (χ2v) is 7.74. The van der Waals surface area contributed by atoms with E-state index in [2.05, 4.69) is 20.7 Å². The average Bonchev–Trinajstić information content (AvgIpc) is 2.41. The topological polar surface area (TPSA) is 72.2 Å². The van der Waals surface area contributed by atoms with Gasteiger partial charge in [0.25, 0.3) is 0 Å². The SMILES string of the molecule is Nc1c(F)c(S(=O)(=O)NC2CCCCC2)cc(Cl)c1Br. The first-order chi connectivity index (χ1) is 9.33. The summed E-state index contributed by atoms with van der Waals surface area (Å²) >= 11 is 8.87. The smallest absolute Gasteiger partial charge is 0.243 e. The van der Waals surface area contributed by atoms with Gasteiger partial charge in [0.15, 0.2) is 5.82 Å². The molecule has 0 aliphatic heterocycles. The highest BCUT2D eigenvalue weighted by atomic mass is 79.9. The molecule has 1 aromatic rings. The van der Waals surface area contributed by atoms with Gasteiger partial charge < -0.3 is 5.73 Å². The molecule has 0 aromatic heterocycles. The summed E-state index contributed by atoms with van der Waals surface area (Å²) in [5.41, 5.74) is 5.21. The molecule has 0 bridgehead atoms. The van der Waals surface area contributed by atoms with Crippen LogP contribution in [0.15, 0.2) is 15.4 Å². The summed E-state index contributed by atoms with van der Waals surface area (Å²) in [5, 5.41) is 0.0629. The quantitative estimate of drug-likeness (QED) is 0.618. The second-order valence-electron chi connectivity index (χ2n) is 4.85. The lowest BCUT2D eigenvalue weighted by Crippen LogP contribution is -2.36. The maximum atomic E-state index is 14.1. The van der Waals surface area contributed by atoms with Gasteiger partial charge in [0.05, 0.1) is 15.2 Å². The molecule has 20 heavy (non-hydrogen) atoms. The third kappa shape index (κ3) is 3.27. The third-order valence-corrected chi connectivity index (χ3v) is 6.27. The number of nitrogens with two attached hydrogens (primary N) is 1. The first kappa shape index (κ1) is 16.0. The fraction of sp³-hybridized carbons (Fsp3) is 0.500. The first-order valence-electron chi connectivity index (χ1n) is 6.28. The molecule has 0 atom stereocenters. The van der Waals surface area contributed by atoms with Gasteiger partial charge in [-0.1, -0.05) is 30.9 Å². The van der Waals surface area contributed by atoms with Crippen molar-refractivity contribution in [1.29, 1.82) is 0 Å². The molecule has 4 nitrogen and oxygen atoms in total. The van der Waals surface area contributed by atoms with Crippen molar-refractivity contribution in [3.63, 3.8) is 0 Å². The highest BCUT2D eigenvalue weighted by molar-refractivity contribution is 9.10. The predicted octanol–water partition coefficient (Wildman–Crippen LogP) is 3.43. The number of nitrogen functional groups attached to an aromatic ring is 1. The molecular weight excluding hydrogens is 371 g/mol. The molecule has 3 N–H and O–H groups in total. The zero-order valence-electron chi connectivity index (χ0n) is 10.6. The monoisotopic (exact) mass is 384 g/mol. The highest BCUT2D eigenvalue weighted by Crippen LogP contribution is 2.35. The summed E-state index contributed by atoms with van der Waals surface area (Å²) in [5.74, 6) is -0.982. The van der Waals surface area contributed by atoms with E-state index in [1.807, 2.05) is 0 Å². The molecule has 0 heterocycles. The molecule has 1 aromatic carbocycles. The molecule has 1 aliphatic carbocycles. The Morgan fingerprint density at radius 3 is 2.55 bits per heavy atom. The van der Waals surface area contributed by atoms with Gasteiger partial charge in [-0.05, 0) is 34.8 Å². The zero-order chi connectivity index (χ0) is 14.9. The first-order valence-corrected chi connectivity index (χ1v) is 8.93. The number of halogens is 3. The van der Waals surface area contributed by atoms with Crippen molar-refractivity contribution in [2.75, 3.05) is 5.73 Å². The van der Waals surface area contributed by atoms with Crippen molar-refractivity contribution in [2.45, 2.75) is 43.0 Å². The van der Waals surface area contributed by atoms with Crippen LogP contribution < -0.4 is 10.5 Å². The van der Waals surface area contributed by atoms with Gasteiger partial charge in [-0.25, -0.2) is 17.5 Å². The maximum absolute atomic E-state index is 14.1. The molecule has 0 spiro atoms. The summed E-state index contributed by atoms with van der Waals surface area (Å²) < 4.78 is 41.3. The minimum atomic E-state index is -3.96. The van der Waals surface area contributed by atoms with Crippen molar-refractivity contribution in [2.24, 2.45) is 0 Å². The molecule has 1 fully saturated rings. The van der Waals surface area contributed by atoms with E-state index in [4.69, 9.17) is 17.3 Å². The zero-order valence-corrected chi connectivity index (χ0v) is 13.8. The fourth-order valence-corrected chi connectivity index (χ4v) is 4.28. The van der Waals surface area contributed by atoms with Crippen LogP contribution in [0.25, 0.3) is 0 Å². The Kier molecular flexibility index (Phi) is 4.94. The van der Waals surface area contributed by atoms with Gasteiger partial charge >= 0.3 is 0 Å². The van der Waals surface area contributed by atoms with E-state index in [9.17, 15) is 12.8 Å². The number of anilines is 1. The highest BCUT2D eigenvalue weighted by Gasteiger charge is 2.27. The van der Waals surface area contributed by atoms with E-state index in [1.54, 1.807) is 0 Å². The Morgan fingerprint density at radius 1 is 1.35 bits per heavy atom. The third-order valence-electron chi connectivity index (χ3n) is 3.37. The standard InChI is InChI=1S/C12H15BrClFN2O2S/c13-10-8(14)6-9(11(15)12(10)16)20(18,19)17-7-4-2-1-3-5-7/h6-7,17H,1-5,16H2. The molecule has 1 saturated carbocycles. The lowest BCUT2D eigenvalue weighted by Gasteiger charge is -2.23.